The van der Waals surface area contributed by atoms with Gasteiger partial charge in [-0.3, -0.25) is 0 Å². The van der Waals surface area contributed by atoms with Gasteiger partial charge in [0.25, 0.3) is 0 Å². The van der Waals surface area contributed by atoms with Gasteiger partial charge in [0, 0.05) is 17.2 Å². The van der Waals surface area contributed by atoms with E-state index in [0.29, 0.717) is 5.82 Å². The lowest BCUT2D eigenvalue weighted by Crippen LogP contribution is -2.24. The Labute approximate surface area is 163 Å². The highest BCUT2D eigenvalue weighted by Crippen LogP contribution is 2.34. The predicted octanol–water partition coefficient (Wildman–Crippen LogP) is 3.07. The minimum atomic E-state index is -4.51. The molecule has 0 radical (unpaired) electrons. The van der Waals surface area contributed by atoms with Crippen LogP contribution >= 0.6 is 11.8 Å². The summed E-state index contributed by atoms with van der Waals surface area (Å²) in [6, 6.07) is 5.12. The molecule has 0 spiro atoms. The Morgan fingerprint density at radius 1 is 1.25 bits per heavy atom. The van der Waals surface area contributed by atoms with Gasteiger partial charge in [-0.15, -0.1) is 10.2 Å². The van der Waals surface area contributed by atoms with E-state index in [2.05, 4.69) is 15.3 Å². The van der Waals surface area contributed by atoms with Gasteiger partial charge < -0.3 is 9.90 Å². The number of alkyl halides is 3. The topological polar surface area (TPSA) is 83.2 Å². The fourth-order valence-electron chi connectivity index (χ4n) is 3.20. The number of aromatic nitrogens is 3. The number of benzene rings is 1. The molecule has 0 aliphatic heterocycles. The van der Waals surface area contributed by atoms with Crippen LogP contribution in [0.5, 0.6) is 0 Å². The summed E-state index contributed by atoms with van der Waals surface area (Å²) in [6.07, 6.45) is 1.56. The fraction of sp³-hybridized carbons (Fsp3) is 0.444. The quantitative estimate of drug-likeness (QED) is 0.539. The van der Waals surface area contributed by atoms with Crippen molar-refractivity contribution in [3.63, 3.8) is 0 Å². The van der Waals surface area contributed by atoms with Crippen LogP contribution in [0.4, 0.5) is 13.2 Å². The number of carbonyl (C=O) groups is 1. The van der Waals surface area contributed by atoms with Crippen molar-refractivity contribution in [2.24, 2.45) is 5.10 Å². The Balaban J connectivity index is 1.96. The van der Waals surface area contributed by atoms with Crippen LogP contribution in [-0.2, 0) is 11.0 Å². The second-order valence-electron chi connectivity index (χ2n) is 6.48. The number of hydrogen-bond donors (Lipinski definition) is 0. The predicted molar refractivity (Wildman–Crippen MR) is 96.0 cm³/mol. The molecule has 0 saturated heterocycles. The zero-order valence-electron chi connectivity index (χ0n) is 14.9. The maximum Gasteiger partial charge on any atom is 0.417 e. The minimum absolute atomic E-state index is 0.0888. The van der Waals surface area contributed by atoms with E-state index in [0.717, 1.165) is 56.1 Å². The third kappa shape index (κ3) is 4.92. The van der Waals surface area contributed by atoms with Gasteiger partial charge in [0.2, 0.25) is 5.16 Å². The molecule has 28 heavy (non-hydrogen) atoms. The number of nitrogens with zero attached hydrogens (tertiary/aromatic N) is 4. The lowest BCUT2D eigenvalue weighted by Gasteiger charge is -2.20. The highest BCUT2D eigenvalue weighted by molar-refractivity contribution is 7.99. The van der Waals surface area contributed by atoms with Crippen LogP contribution in [0.15, 0.2) is 34.5 Å². The van der Waals surface area contributed by atoms with Crippen molar-refractivity contribution in [3.8, 4) is 0 Å². The van der Waals surface area contributed by atoms with E-state index in [-0.39, 0.29) is 22.4 Å². The lowest BCUT2D eigenvalue weighted by molar-refractivity contribution is -0.301. The molecule has 1 aromatic carbocycles. The highest BCUT2D eigenvalue weighted by Gasteiger charge is 2.32. The van der Waals surface area contributed by atoms with Crippen molar-refractivity contribution in [3.05, 3.63) is 41.2 Å². The van der Waals surface area contributed by atoms with Gasteiger partial charge in [0.15, 0.2) is 5.82 Å². The average Bonchev–Trinajstić information content (AvgIpc) is 3.07. The molecular weight excluding hydrogens is 393 g/mol. The van der Waals surface area contributed by atoms with Crippen molar-refractivity contribution in [1.82, 2.24) is 14.9 Å². The number of carbonyl (C=O) groups excluding carboxylic acids is 1. The molecule has 0 bridgehead atoms. The molecule has 0 amide bonds. The number of halogens is 3. The summed E-state index contributed by atoms with van der Waals surface area (Å²) in [5.74, 6) is -0.989. The van der Waals surface area contributed by atoms with Gasteiger partial charge in [-0.2, -0.15) is 22.9 Å². The largest absolute Gasteiger partial charge is 0.549 e. The van der Waals surface area contributed by atoms with Crippen LogP contribution in [0.1, 0.15) is 55.0 Å². The molecule has 150 valence electrons. The Morgan fingerprint density at radius 3 is 2.64 bits per heavy atom. The van der Waals surface area contributed by atoms with Crippen LogP contribution in [0.3, 0.4) is 0 Å². The Hall–Kier alpha value is -2.36. The highest BCUT2D eigenvalue weighted by atomic mass is 32.2. The maximum absolute atomic E-state index is 13.2. The molecule has 1 aliphatic carbocycles. The number of rotatable bonds is 6. The van der Waals surface area contributed by atoms with E-state index in [4.69, 9.17) is 0 Å². The Morgan fingerprint density at radius 2 is 1.96 bits per heavy atom. The Bertz CT molecular complexity index is 861. The van der Waals surface area contributed by atoms with Crippen molar-refractivity contribution in [1.29, 1.82) is 0 Å². The van der Waals surface area contributed by atoms with Crippen molar-refractivity contribution in [2.75, 3.05) is 5.75 Å². The van der Waals surface area contributed by atoms with Crippen molar-refractivity contribution < 1.29 is 23.1 Å². The molecule has 0 unspecified atom stereocenters. The zero-order valence-corrected chi connectivity index (χ0v) is 15.7. The smallest absolute Gasteiger partial charge is 0.417 e. The lowest BCUT2D eigenvalue weighted by atomic mass is 9.89. The standard InChI is InChI=1S/C18H19F3N4O2S/c19-18(20,21)14-9-5-4-8-13(14)10-22-25-16(12-6-2-1-3-7-12)23-24-17(25)28-11-15(26)27/h4-5,8-10,12H,1-3,6-7,11H2,(H,26,27)/p-1/b22-10-. The van der Waals surface area contributed by atoms with Gasteiger partial charge in [0.05, 0.1) is 17.7 Å². The van der Waals surface area contributed by atoms with E-state index in [1.807, 2.05) is 0 Å². The first-order valence-corrected chi connectivity index (χ1v) is 9.83. The molecule has 2 aromatic rings. The van der Waals surface area contributed by atoms with Crippen LogP contribution in [-0.4, -0.2) is 32.8 Å². The molecule has 10 heteroatoms. The van der Waals surface area contributed by atoms with Gasteiger partial charge in [-0.05, 0) is 18.9 Å². The zero-order chi connectivity index (χ0) is 20.1. The summed E-state index contributed by atoms with van der Waals surface area (Å²) >= 11 is 0.876. The first-order valence-electron chi connectivity index (χ1n) is 8.85. The van der Waals surface area contributed by atoms with Gasteiger partial charge in [-0.25, -0.2) is 0 Å². The first-order chi connectivity index (χ1) is 13.4. The van der Waals surface area contributed by atoms with Crippen LogP contribution in [0.2, 0.25) is 0 Å². The SMILES string of the molecule is O=C([O-])CSc1nnc(C2CCCCC2)n1/N=C\c1ccccc1C(F)(F)F. The first kappa shape index (κ1) is 20.4. The molecule has 1 saturated carbocycles. The number of hydrogen-bond acceptors (Lipinski definition) is 6. The number of aliphatic carboxylic acids is 1. The summed E-state index contributed by atoms with van der Waals surface area (Å²) in [4.78, 5) is 10.8. The van der Waals surface area contributed by atoms with E-state index in [1.165, 1.54) is 22.9 Å². The summed E-state index contributed by atoms with van der Waals surface area (Å²) in [7, 11) is 0. The third-order valence-electron chi connectivity index (χ3n) is 4.50. The molecule has 0 atom stereocenters. The second-order valence-corrected chi connectivity index (χ2v) is 7.42. The third-order valence-corrected chi connectivity index (χ3v) is 5.40. The van der Waals surface area contributed by atoms with Crippen LogP contribution in [0, 0.1) is 0 Å². The molecular formula is C18H18F3N4O2S-. The molecule has 1 heterocycles. The summed E-state index contributed by atoms with van der Waals surface area (Å²) < 4.78 is 41.0. The second kappa shape index (κ2) is 8.76. The van der Waals surface area contributed by atoms with E-state index < -0.39 is 17.7 Å². The number of carboxylic acids is 1. The van der Waals surface area contributed by atoms with E-state index >= 15 is 0 Å². The van der Waals surface area contributed by atoms with Gasteiger partial charge in [-0.1, -0.05) is 49.2 Å². The summed E-state index contributed by atoms with van der Waals surface area (Å²) in [5.41, 5.74) is -0.885. The molecule has 1 aliphatic rings. The van der Waals surface area contributed by atoms with Gasteiger partial charge >= 0.3 is 6.18 Å². The maximum atomic E-state index is 13.2. The van der Waals surface area contributed by atoms with Crippen LogP contribution in [0.25, 0.3) is 0 Å². The monoisotopic (exact) mass is 411 g/mol. The minimum Gasteiger partial charge on any atom is -0.549 e. The summed E-state index contributed by atoms with van der Waals surface area (Å²) in [5, 5.41) is 23.3. The van der Waals surface area contributed by atoms with Crippen molar-refractivity contribution >= 4 is 23.9 Å². The van der Waals surface area contributed by atoms with E-state index in [9.17, 15) is 23.1 Å². The number of carboxylic acid groups (broad SMARTS) is 1. The summed E-state index contributed by atoms with van der Waals surface area (Å²) in [6.45, 7) is 0. The number of thioether (sulfide) groups is 1. The normalized spacial score (nSPS) is 16.0. The van der Waals surface area contributed by atoms with Crippen molar-refractivity contribution in [2.45, 2.75) is 49.4 Å². The van der Waals surface area contributed by atoms with E-state index in [1.54, 1.807) is 0 Å². The van der Waals surface area contributed by atoms with Crippen LogP contribution < -0.4 is 5.11 Å². The molecule has 0 N–H and O–H groups in total. The van der Waals surface area contributed by atoms with Gasteiger partial charge in [0.1, 0.15) is 0 Å². The molecule has 3 rings (SSSR count). The molecule has 1 aromatic heterocycles. The fourth-order valence-corrected chi connectivity index (χ4v) is 3.81. The Kier molecular flexibility index (Phi) is 6.38. The molecule has 1 fully saturated rings. The molecule has 6 nitrogen and oxygen atoms in total. The average molecular weight is 411 g/mol.